The third kappa shape index (κ3) is 2.66. The summed E-state index contributed by atoms with van der Waals surface area (Å²) in [5, 5.41) is 0. The Hall–Kier alpha value is -1.10. The molecule has 1 nitrogen and oxygen atoms in total. The molecule has 0 amide bonds. The topological polar surface area (TPSA) is 26.0 Å². The molecule has 1 saturated carbocycles. The van der Waals surface area contributed by atoms with E-state index in [1.807, 2.05) is 6.92 Å². The van der Waals surface area contributed by atoms with E-state index in [0.29, 0.717) is 11.5 Å². The van der Waals surface area contributed by atoms with Gasteiger partial charge in [0.15, 0.2) is 0 Å². The molecule has 1 fully saturated rings. The molecule has 0 bridgehead atoms. The largest absolute Gasteiger partial charge is 0.419 e. The van der Waals surface area contributed by atoms with Gasteiger partial charge in [0, 0.05) is 6.04 Å². The van der Waals surface area contributed by atoms with E-state index in [9.17, 15) is 17.6 Å². The van der Waals surface area contributed by atoms with Crippen LogP contribution < -0.4 is 5.73 Å². The molecule has 100 valence electrons. The van der Waals surface area contributed by atoms with Crippen molar-refractivity contribution in [2.24, 2.45) is 17.6 Å². The molecule has 0 aliphatic heterocycles. The van der Waals surface area contributed by atoms with Gasteiger partial charge in [0.2, 0.25) is 0 Å². The summed E-state index contributed by atoms with van der Waals surface area (Å²) >= 11 is 0. The number of hydrogen-bond acceptors (Lipinski definition) is 1. The second-order valence-corrected chi connectivity index (χ2v) is 4.96. The van der Waals surface area contributed by atoms with Gasteiger partial charge < -0.3 is 5.73 Å². The van der Waals surface area contributed by atoms with Crippen LogP contribution in [0.5, 0.6) is 0 Å². The van der Waals surface area contributed by atoms with Gasteiger partial charge in [0.1, 0.15) is 5.82 Å². The number of halogens is 4. The maximum absolute atomic E-state index is 13.1. The minimum Gasteiger partial charge on any atom is -0.324 e. The molecule has 5 heteroatoms. The van der Waals surface area contributed by atoms with Crippen LogP contribution in [0.15, 0.2) is 18.2 Å². The van der Waals surface area contributed by atoms with Gasteiger partial charge >= 0.3 is 6.18 Å². The summed E-state index contributed by atoms with van der Waals surface area (Å²) in [6.45, 7) is 1.93. The zero-order chi connectivity index (χ0) is 13.5. The maximum Gasteiger partial charge on any atom is 0.419 e. The quantitative estimate of drug-likeness (QED) is 0.821. The fourth-order valence-electron chi connectivity index (χ4n) is 2.19. The van der Waals surface area contributed by atoms with Crippen molar-refractivity contribution in [1.82, 2.24) is 0 Å². The van der Waals surface area contributed by atoms with Crippen LogP contribution in [0.25, 0.3) is 0 Å². The molecule has 0 aromatic heterocycles. The Morgan fingerprint density at radius 3 is 2.39 bits per heavy atom. The molecule has 1 aromatic rings. The number of alkyl halides is 3. The summed E-state index contributed by atoms with van der Waals surface area (Å²) in [7, 11) is 0. The maximum atomic E-state index is 13.1. The Balaban J connectivity index is 2.28. The summed E-state index contributed by atoms with van der Waals surface area (Å²) < 4.78 is 50.9. The minimum atomic E-state index is -4.68. The van der Waals surface area contributed by atoms with Crippen molar-refractivity contribution < 1.29 is 17.6 Å². The fraction of sp³-hybridized carbons (Fsp3) is 0.538. The number of hydrogen-bond donors (Lipinski definition) is 1. The monoisotopic (exact) mass is 261 g/mol. The highest BCUT2D eigenvalue weighted by Crippen LogP contribution is 2.42. The fourth-order valence-corrected chi connectivity index (χ4v) is 2.19. The smallest absolute Gasteiger partial charge is 0.324 e. The Morgan fingerprint density at radius 1 is 1.28 bits per heavy atom. The number of rotatable bonds is 3. The second kappa shape index (κ2) is 4.53. The third-order valence-electron chi connectivity index (χ3n) is 3.61. The molecule has 1 aliphatic carbocycles. The molecular formula is C13H15F4N. The molecule has 2 unspecified atom stereocenters. The van der Waals surface area contributed by atoms with Gasteiger partial charge in [-0.1, -0.05) is 13.0 Å². The predicted molar refractivity (Wildman–Crippen MR) is 60.2 cm³/mol. The van der Waals surface area contributed by atoms with Crippen LogP contribution in [0.1, 0.15) is 36.9 Å². The van der Waals surface area contributed by atoms with Gasteiger partial charge in [0.25, 0.3) is 0 Å². The average Bonchev–Trinajstić information content (AvgIpc) is 3.10. The van der Waals surface area contributed by atoms with E-state index in [-0.39, 0.29) is 5.92 Å². The first-order valence-corrected chi connectivity index (χ1v) is 5.93. The SMILES string of the molecule is CC(C1CC1)C(N)c1ccc(F)c(C(F)(F)F)c1. The lowest BCUT2D eigenvalue weighted by molar-refractivity contribution is -0.140. The second-order valence-electron chi connectivity index (χ2n) is 4.96. The van der Waals surface area contributed by atoms with Gasteiger partial charge in [0.05, 0.1) is 5.56 Å². The summed E-state index contributed by atoms with van der Waals surface area (Å²) in [6.07, 6.45) is -2.53. The summed E-state index contributed by atoms with van der Waals surface area (Å²) in [5.41, 5.74) is 5.06. The lowest BCUT2D eigenvalue weighted by Crippen LogP contribution is -2.21. The minimum absolute atomic E-state index is 0.122. The highest BCUT2D eigenvalue weighted by Gasteiger charge is 2.36. The molecule has 2 atom stereocenters. The van der Waals surface area contributed by atoms with Gasteiger partial charge in [-0.15, -0.1) is 0 Å². The lowest BCUT2D eigenvalue weighted by Gasteiger charge is -2.21. The van der Waals surface area contributed by atoms with Gasteiger partial charge in [-0.25, -0.2) is 4.39 Å². The summed E-state index contributed by atoms with van der Waals surface area (Å²) in [4.78, 5) is 0. The van der Waals surface area contributed by atoms with E-state index in [1.165, 1.54) is 6.07 Å². The summed E-state index contributed by atoms with van der Waals surface area (Å²) in [6, 6.07) is 2.55. The van der Waals surface area contributed by atoms with E-state index in [2.05, 4.69) is 0 Å². The Bertz CT molecular complexity index is 437. The molecule has 0 radical (unpaired) electrons. The van der Waals surface area contributed by atoms with Gasteiger partial charge in [-0.2, -0.15) is 13.2 Å². The first-order chi connectivity index (χ1) is 8.30. The van der Waals surface area contributed by atoms with Crippen LogP contribution in [-0.2, 0) is 6.18 Å². The number of nitrogens with two attached hydrogens (primary N) is 1. The van der Waals surface area contributed by atoms with Crippen molar-refractivity contribution in [1.29, 1.82) is 0 Å². The summed E-state index contributed by atoms with van der Waals surface area (Å²) in [5.74, 6) is -0.645. The molecule has 18 heavy (non-hydrogen) atoms. The van der Waals surface area contributed by atoms with Crippen LogP contribution in [-0.4, -0.2) is 0 Å². The molecule has 0 heterocycles. The van der Waals surface area contributed by atoms with Crippen molar-refractivity contribution in [3.63, 3.8) is 0 Å². The first kappa shape index (κ1) is 13.3. The van der Waals surface area contributed by atoms with E-state index in [0.717, 1.165) is 25.0 Å². The van der Waals surface area contributed by atoms with Crippen LogP contribution >= 0.6 is 0 Å². The molecule has 1 aliphatic rings. The zero-order valence-corrected chi connectivity index (χ0v) is 9.97. The predicted octanol–water partition coefficient (Wildman–Crippen LogP) is 3.89. The van der Waals surface area contributed by atoms with E-state index >= 15 is 0 Å². The average molecular weight is 261 g/mol. The Labute approximate surface area is 103 Å². The Morgan fingerprint density at radius 2 is 1.89 bits per heavy atom. The van der Waals surface area contributed by atoms with Crippen molar-refractivity contribution in [2.75, 3.05) is 0 Å². The standard InChI is InChI=1S/C13H15F4N/c1-7(8-2-3-8)12(18)9-4-5-11(14)10(6-9)13(15,16)17/h4-8,12H,2-3,18H2,1H3. The lowest BCUT2D eigenvalue weighted by atomic mass is 9.90. The van der Waals surface area contributed by atoms with E-state index < -0.39 is 23.6 Å². The highest BCUT2D eigenvalue weighted by molar-refractivity contribution is 5.29. The Kier molecular flexibility index (Phi) is 3.36. The van der Waals surface area contributed by atoms with Gasteiger partial charge in [-0.3, -0.25) is 0 Å². The van der Waals surface area contributed by atoms with Crippen molar-refractivity contribution in [2.45, 2.75) is 32.0 Å². The van der Waals surface area contributed by atoms with E-state index in [1.54, 1.807) is 0 Å². The van der Waals surface area contributed by atoms with Crippen LogP contribution in [0.3, 0.4) is 0 Å². The zero-order valence-electron chi connectivity index (χ0n) is 9.97. The van der Waals surface area contributed by atoms with Gasteiger partial charge in [-0.05, 0) is 42.4 Å². The van der Waals surface area contributed by atoms with Crippen molar-refractivity contribution in [3.05, 3.63) is 35.1 Å². The van der Waals surface area contributed by atoms with E-state index in [4.69, 9.17) is 5.73 Å². The number of benzene rings is 1. The molecular weight excluding hydrogens is 246 g/mol. The van der Waals surface area contributed by atoms with Crippen molar-refractivity contribution in [3.8, 4) is 0 Å². The molecule has 1 aromatic carbocycles. The molecule has 2 N–H and O–H groups in total. The van der Waals surface area contributed by atoms with Crippen LogP contribution in [0.4, 0.5) is 17.6 Å². The van der Waals surface area contributed by atoms with Crippen molar-refractivity contribution >= 4 is 0 Å². The molecule has 0 saturated heterocycles. The first-order valence-electron chi connectivity index (χ1n) is 5.93. The molecule has 2 rings (SSSR count). The highest BCUT2D eigenvalue weighted by atomic mass is 19.4. The van der Waals surface area contributed by atoms with Crippen LogP contribution in [0.2, 0.25) is 0 Å². The molecule has 0 spiro atoms. The van der Waals surface area contributed by atoms with Crippen LogP contribution in [0, 0.1) is 17.7 Å². The third-order valence-corrected chi connectivity index (χ3v) is 3.61. The normalized spacial score (nSPS) is 19.7.